The Hall–Kier alpha value is -0.0800. The maximum Gasteiger partial charge on any atom is 0.0210 e. The first-order valence-corrected chi connectivity index (χ1v) is 8.72. The molecule has 0 aromatic heterocycles. The molecule has 2 heteroatoms. The lowest BCUT2D eigenvalue weighted by molar-refractivity contribution is 0.194. The third-order valence-electron chi connectivity index (χ3n) is 6.83. The second kappa shape index (κ2) is 4.73. The molecule has 6 unspecified atom stereocenters. The van der Waals surface area contributed by atoms with Crippen molar-refractivity contribution < 1.29 is 0 Å². The summed E-state index contributed by atoms with van der Waals surface area (Å²) in [6.45, 7) is 7.27. The Labute approximate surface area is 118 Å². The first-order valence-electron chi connectivity index (χ1n) is 8.72. The van der Waals surface area contributed by atoms with Crippen molar-refractivity contribution >= 4 is 0 Å². The summed E-state index contributed by atoms with van der Waals surface area (Å²) in [5, 5.41) is 4.07. The number of nitrogens with one attached hydrogen (secondary N) is 1. The van der Waals surface area contributed by atoms with Gasteiger partial charge >= 0.3 is 0 Å². The van der Waals surface area contributed by atoms with E-state index >= 15 is 0 Å². The maximum atomic E-state index is 4.07. The van der Waals surface area contributed by atoms with Crippen molar-refractivity contribution in [2.24, 2.45) is 23.7 Å². The topological polar surface area (TPSA) is 15.3 Å². The van der Waals surface area contributed by atoms with Crippen LogP contribution in [0.4, 0.5) is 0 Å². The molecule has 0 radical (unpaired) electrons. The zero-order valence-corrected chi connectivity index (χ0v) is 12.6. The van der Waals surface area contributed by atoms with Crippen LogP contribution in [0.1, 0.15) is 52.4 Å². The van der Waals surface area contributed by atoms with Crippen LogP contribution in [-0.2, 0) is 0 Å². The van der Waals surface area contributed by atoms with Crippen molar-refractivity contribution in [3.8, 4) is 0 Å². The van der Waals surface area contributed by atoms with Gasteiger partial charge in [-0.05, 0) is 76.2 Å². The number of hydrogen-bond acceptors (Lipinski definition) is 2. The normalized spacial score (nSPS) is 49.4. The molecule has 2 bridgehead atoms. The lowest BCUT2D eigenvalue weighted by Crippen LogP contribution is -2.46. The van der Waals surface area contributed by atoms with E-state index in [4.69, 9.17) is 0 Å². The molecule has 4 aliphatic rings. The van der Waals surface area contributed by atoms with E-state index in [0.717, 1.165) is 41.8 Å². The molecular weight excluding hydrogens is 232 g/mol. The van der Waals surface area contributed by atoms with E-state index in [1.165, 1.54) is 32.4 Å². The zero-order valence-electron chi connectivity index (χ0n) is 12.6. The van der Waals surface area contributed by atoms with Gasteiger partial charge in [-0.1, -0.05) is 6.42 Å². The van der Waals surface area contributed by atoms with E-state index in [1.54, 1.807) is 19.3 Å². The Balaban J connectivity index is 1.35. The minimum absolute atomic E-state index is 0.728. The molecule has 108 valence electrons. The van der Waals surface area contributed by atoms with Gasteiger partial charge in [-0.25, -0.2) is 0 Å². The van der Waals surface area contributed by atoms with E-state index in [0.29, 0.717) is 0 Å². The van der Waals surface area contributed by atoms with Crippen molar-refractivity contribution in [1.82, 2.24) is 10.2 Å². The van der Waals surface area contributed by atoms with E-state index < -0.39 is 0 Å². The summed E-state index contributed by atoms with van der Waals surface area (Å²) in [7, 11) is 0. The number of fused-ring (bicyclic) bond motifs is 5. The Morgan fingerprint density at radius 2 is 1.84 bits per heavy atom. The number of nitrogens with zero attached hydrogens (tertiary/aromatic N) is 1. The molecule has 4 rings (SSSR count). The van der Waals surface area contributed by atoms with Gasteiger partial charge in [0.15, 0.2) is 0 Å². The lowest BCUT2D eigenvalue weighted by Gasteiger charge is -2.34. The standard InChI is InChI=1S/C17H30N2/c1-11(2)19-7-6-13(10-19)18-17-9-12-8-16(17)15-5-3-4-14(12)15/h11-18H,3-10H2,1-2H3. The molecule has 0 aromatic rings. The maximum absolute atomic E-state index is 4.07. The summed E-state index contributed by atoms with van der Waals surface area (Å²) in [5.74, 6) is 4.39. The van der Waals surface area contributed by atoms with Crippen molar-refractivity contribution in [2.45, 2.75) is 70.5 Å². The molecule has 4 fully saturated rings. The molecule has 1 N–H and O–H groups in total. The fourth-order valence-electron chi connectivity index (χ4n) is 5.95. The Morgan fingerprint density at radius 1 is 1.00 bits per heavy atom. The van der Waals surface area contributed by atoms with Crippen LogP contribution < -0.4 is 5.32 Å². The van der Waals surface area contributed by atoms with Gasteiger partial charge in [0.1, 0.15) is 0 Å². The molecule has 6 atom stereocenters. The quantitative estimate of drug-likeness (QED) is 0.841. The molecule has 0 amide bonds. The monoisotopic (exact) mass is 262 g/mol. The molecule has 0 spiro atoms. The first kappa shape index (κ1) is 12.6. The Bertz CT molecular complexity index is 340. The molecule has 1 heterocycles. The predicted molar refractivity (Wildman–Crippen MR) is 79.1 cm³/mol. The van der Waals surface area contributed by atoms with Crippen molar-refractivity contribution in [3.63, 3.8) is 0 Å². The molecular formula is C17H30N2. The molecule has 2 nitrogen and oxygen atoms in total. The molecule has 1 aliphatic heterocycles. The molecule has 19 heavy (non-hydrogen) atoms. The Kier molecular flexibility index (Phi) is 3.15. The largest absolute Gasteiger partial charge is 0.310 e. The van der Waals surface area contributed by atoms with Crippen LogP contribution in [0.15, 0.2) is 0 Å². The van der Waals surface area contributed by atoms with Crippen molar-refractivity contribution in [3.05, 3.63) is 0 Å². The summed E-state index contributed by atoms with van der Waals surface area (Å²) in [6, 6.07) is 2.39. The van der Waals surface area contributed by atoms with Gasteiger partial charge < -0.3 is 5.32 Å². The molecule has 3 saturated carbocycles. The lowest BCUT2D eigenvalue weighted by atomic mass is 9.79. The number of hydrogen-bond donors (Lipinski definition) is 1. The van der Waals surface area contributed by atoms with Crippen molar-refractivity contribution in [2.75, 3.05) is 13.1 Å². The second-order valence-corrected chi connectivity index (χ2v) is 8.00. The van der Waals surface area contributed by atoms with Gasteiger partial charge in [-0.3, -0.25) is 4.90 Å². The van der Waals surface area contributed by atoms with Gasteiger partial charge in [0.05, 0.1) is 0 Å². The third kappa shape index (κ3) is 2.06. The second-order valence-electron chi connectivity index (χ2n) is 8.00. The summed E-state index contributed by atoms with van der Waals surface area (Å²) in [5.41, 5.74) is 0. The summed E-state index contributed by atoms with van der Waals surface area (Å²) in [6.07, 6.45) is 9.08. The highest BCUT2D eigenvalue weighted by atomic mass is 15.2. The highest BCUT2D eigenvalue weighted by molar-refractivity contribution is 5.06. The van der Waals surface area contributed by atoms with Gasteiger partial charge in [-0.15, -0.1) is 0 Å². The predicted octanol–water partition coefficient (Wildman–Crippen LogP) is 2.88. The van der Waals surface area contributed by atoms with Crippen LogP contribution in [0.3, 0.4) is 0 Å². The average Bonchev–Trinajstić information content (AvgIpc) is 3.10. The molecule has 0 aromatic carbocycles. The number of likely N-dealkylation sites (tertiary alicyclic amines) is 1. The van der Waals surface area contributed by atoms with E-state index in [1.807, 2.05) is 0 Å². The van der Waals surface area contributed by atoms with Crippen LogP contribution in [0.2, 0.25) is 0 Å². The minimum atomic E-state index is 0.728. The highest BCUT2D eigenvalue weighted by Gasteiger charge is 2.53. The third-order valence-corrected chi connectivity index (χ3v) is 6.83. The van der Waals surface area contributed by atoms with E-state index in [-0.39, 0.29) is 0 Å². The first-order chi connectivity index (χ1) is 9.22. The van der Waals surface area contributed by atoms with Gasteiger partial charge in [0.2, 0.25) is 0 Å². The minimum Gasteiger partial charge on any atom is -0.310 e. The van der Waals surface area contributed by atoms with Crippen molar-refractivity contribution in [1.29, 1.82) is 0 Å². The van der Waals surface area contributed by atoms with E-state index in [2.05, 4.69) is 24.1 Å². The average molecular weight is 262 g/mol. The van der Waals surface area contributed by atoms with Crippen LogP contribution in [0.25, 0.3) is 0 Å². The Morgan fingerprint density at radius 3 is 2.63 bits per heavy atom. The smallest absolute Gasteiger partial charge is 0.0210 e. The summed E-state index contributed by atoms with van der Waals surface area (Å²) >= 11 is 0. The summed E-state index contributed by atoms with van der Waals surface area (Å²) in [4.78, 5) is 2.64. The summed E-state index contributed by atoms with van der Waals surface area (Å²) < 4.78 is 0. The zero-order chi connectivity index (χ0) is 13.0. The van der Waals surface area contributed by atoms with Crippen LogP contribution >= 0.6 is 0 Å². The molecule has 3 aliphatic carbocycles. The number of rotatable bonds is 3. The van der Waals surface area contributed by atoms with Gasteiger partial charge in [0, 0.05) is 24.7 Å². The van der Waals surface area contributed by atoms with Crippen LogP contribution in [0.5, 0.6) is 0 Å². The SMILES string of the molecule is CC(C)N1CCC(NC2CC3CC2C2CCCC32)C1. The van der Waals surface area contributed by atoms with Gasteiger partial charge in [-0.2, -0.15) is 0 Å². The fourth-order valence-corrected chi connectivity index (χ4v) is 5.95. The highest BCUT2D eigenvalue weighted by Crippen LogP contribution is 2.58. The van der Waals surface area contributed by atoms with Gasteiger partial charge in [0.25, 0.3) is 0 Å². The van der Waals surface area contributed by atoms with Crippen LogP contribution in [0, 0.1) is 23.7 Å². The van der Waals surface area contributed by atoms with E-state index in [9.17, 15) is 0 Å². The molecule has 1 saturated heterocycles. The van der Waals surface area contributed by atoms with Crippen LogP contribution in [-0.4, -0.2) is 36.1 Å². The fraction of sp³-hybridized carbons (Fsp3) is 1.00.